The van der Waals surface area contributed by atoms with Crippen LogP contribution in [0.3, 0.4) is 0 Å². The summed E-state index contributed by atoms with van der Waals surface area (Å²) in [5, 5.41) is 10.3. The predicted octanol–water partition coefficient (Wildman–Crippen LogP) is 2.81. The summed E-state index contributed by atoms with van der Waals surface area (Å²) in [5.41, 5.74) is 0.502. The number of benzene rings is 1. The van der Waals surface area contributed by atoms with E-state index in [1.807, 2.05) is 0 Å². The minimum Gasteiger partial charge on any atom is -0.403 e. The summed E-state index contributed by atoms with van der Waals surface area (Å²) in [6.45, 7) is 1.55. The van der Waals surface area contributed by atoms with Gasteiger partial charge in [0.1, 0.15) is 11.9 Å². The standard InChI is InChI=1S/C16H16F4N4O3/c1-9(14(25)24-7-6-12(8-24)27-16(18,19)20)21-15-23-22-13(26-15)10-2-4-11(17)5-3-10/h2-5,9,12H,6-8H2,1H3,(H,21,23)/t9-,12-/m1/s1. The van der Waals surface area contributed by atoms with Crippen LogP contribution < -0.4 is 5.32 Å². The third-order valence-electron chi connectivity index (χ3n) is 3.98. The van der Waals surface area contributed by atoms with Crippen LogP contribution in [-0.2, 0) is 9.53 Å². The molecular weight excluding hydrogens is 372 g/mol. The second-order valence-corrected chi connectivity index (χ2v) is 6.04. The number of anilines is 1. The van der Waals surface area contributed by atoms with Gasteiger partial charge in [-0.15, -0.1) is 18.3 Å². The van der Waals surface area contributed by atoms with Gasteiger partial charge in [0.15, 0.2) is 0 Å². The van der Waals surface area contributed by atoms with Crippen molar-refractivity contribution in [3.8, 4) is 11.5 Å². The number of hydrogen-bond acceptors (Lipinski definition) is 6. The SMILES string of the molecule is C[C@@H](Nc1nnc(-c2ccc(F)cc2)o1)C(=O)N1CC[C@@H](OC(F)(F)F)C1. The van der Waals surface area contributed by atoms with Gasteiger partial charge in [0.2, 0.25) is 11.8 Å². The molecule has 0 bridgehead atoms. The number of rotatable bonds is 5. The van der Waals surface area contributed by atoms with Gasteiger partial charge >= 0.3 is 12.4 Å². The van der Waals surface area contributed by atoms with Gasteiger partial charge in [0.25, 0.3) is 0 Å². The topological polar surface area (TPSA) is 80.5 Å². The van der Waals surface area contributed by atoms with Crippen molar-refractivity contribution in [2.75, 3.05) is 18.4 Å². The van der Waals surface area contributed by atoms with Crippen LogP contribution in [0.25, 0.3) is 11.5 Å². The maximum atomic E-state index is 12.9. The average molecular weight is 388 g/mol. The van der Waals surface area contributed by atoms with Crippen molar-refractivity contribution in [1.82, 2.24) is 15.1 Å². The molecule has 3 rings (SSSR count). The number of alkyl halides is 3. The zero-order valence-corrected chi connectivity index (χ0v) is 14.2. The number of halogens is 4. The zero-order chi connectivity index (χ0) is 19.6. The number of carbonyl (C=O) groups excluding carboxylic acids is 1. The first-order valence-electron chi connectivity index (χ1n) is 8.10. The molecule has 1 N–H and O–H groups in total. The highest BCUT2D eigenvalue weighted by Crippen LogP contribution is 2.25. The van der Waals surface area contributed by atoms with E-state index >= 15 is 0 Å². The molecule has 1 amide bonds. The van der Waals surface area contributed by atoms with Crippen LogP contribution in [0.15, 0.2) is 28.7 Å². The number of hydrogen-bond donors (Lipinski definition) is 1. The van der Waals surface area contributed by atoms with Gasteiger partial charge in [-0.25, -0.2) is 4.39 Å². The molecule has 0 radical (unpaired) electrons. The summed E-state index contributed by atoms with van der Waals surface area (Å²) in [5.74, 6) is -0.684. The number of nitrogens with one attached hydrogen (secondary N) is 1. The summed E-state index contributed by atoms with van der Waals surface area (Å²) in [7, 11) is 0. The summed E-state index contributed by atoms with van der Waals surface area (Å²) < 4.78 is 59.1. The van der Waals surface area contributed by atoms with E-state index in [4.69, 9.17) is 4.42 Å². The Bertz CT molecular complexity index is 794. The average Bonchev–Trinajstić information content (AvgIpc) is 3.23. The lowest BCUT2D eigenvalue weighted by Gasteiger charge is -2.21. The molecule has 27 heavy (non-hydrogen) atoms. The molecule has 1 aromatic heterocycles. The van der Waals surface area contributed by atoms with E-state index < -0.39 is 30.2 Å². The van der Waals surface area contributed by atoms with E-state index in [0.717, 1.165) is 0 Å². The Hall–Kier alpha value is -2.69. The lowest BCUT2D eigenvalue weighted by Crippen LogP contribution is -2.41. The fourth-order valence-corrected chi connectivity index (χ4v) is 2.73. The fourth-order valence-electron chi connectivity index (χ4n) is 2.73. The Morgan fingerprint density at radius 3 is 2.70 bits per heavy atom. The van der Waals surface area contributed by atoms with Crippen LogP contribution in [0.1, 0.15) is 13.3 Å². The lowest BCUT2D eigenvalue weighted by atomic mass is 10.2. The molecule has 0 saturated carbocycles. The number of likely N-dealkylation sites (tertiary alicyclic amines) is 1. The number of aromatic nitrogens is 2. The number of carbonyl (C=O) groups is 1. The monoisotopic (exact) mass is 388 g/mol. The van der Waals surface area contributed by atoms with Crippen molar-refractivity contribution in [1.29, 1.82) is 0 Å². The van der Waals surface area contributed by atoms with Crippen molar-refractivity contribution >= 4 is 11.9 Å². The van der Waals surface area contributed by atoms with Crippen LogP contribution in [0, 0.1) is 5.82 Å². The molecule has 0 unspecified atom stereocenters. The Morgan fingerprint density at radius 1 is 1.33 bits per heavy atom. The van der Waals surface area contributed by atoms with Gasteiger partial charge in [-0.05, 0) is 37.6 Å². The molecule has 1 aliphatic heterocycles. The zero-order valence-electron chi connectivity index (χ0n) is 14.2. The number of nitrogens with zero attached hydrogens (tertiary/aromatic N) is 3. The normalized spacial score (nSPS) is 18.6. The molecular formula is C16H16F4N4O3. The molecule has 11 heteroatoms. The Morgan fingerprint density at radius 2 is 2.04 bits per heavy atom. The number of ether oxygens (including phenoxy) is 1. The van der Waals surface area contributed by atoms with Gasteiger partial charge in [0, 0.05) is 18.7 Å². The van der Waals surface area contributed by atoms with E-state index in [2.05, 4.69) is 20.3 Å². The highest BCUT2D eigenvalue weighted by atomic mass is 19.4. The van der Waals surface area contributed by atoms with Crippen molar-refractivity contribution in [2.24, 2.45) is 0 Å². The third kappa shape index (κ3) is 4.94. The summed E-state index contributed by atoms with van der Waals surface area (Å²) in [6.07, 6.45) is -5.70. The molecule has 146 valence electrons. The van der Waals surface area contributed by atoms with E-state index in [0.29, 0.717) is 5.56 Å². The van der Waals surface area contributed by atoms with E-state index in [1.54, 1.807) is 0 Å². The first-order valence-corrected chi connectivity index (χ1v) is 8.10. The quantitative estimate of drug-likeness (QED) is 0.794. The van der Waals surface area contributed by atoms with E-state index in [1.165, 1.54) is 36.1 Å². The Kier molecular flexibility index (Phi) is 5.31. The summed E-state index contributed by atoms with van der Waals surface area (Å²) in [6, 6.07) is 4.59. The lowest BCUT2D eigenvalue weighted by molar-refractivity contribution is -0.340. The van der Waals surface area contributed by atoms with Crippen LogP contribution in [0.4, 0.5) is 23.6 Å². The third-order valence-corrected chi connectivity index (χ3v) is 3.98. The molecule has 2 atom stereocenters. The first kappa shape index (κ1) is 19.1. The van der Waals surface area contributed by atoms with Crippen LogP contribution in [0.2, 0.25) is 0 Å². The van der Waals surface area contributed by atoms with Crippen LogP contribution >= 0.6 is 0 Å². The highest BCUT2D eigenvalue weighted by molar-refractivity contribution is 5.84. The Labute approximate surface area is 151 Å². The van der Waals surface area contributed by atoms with Crippen molar-refractivity contribution in [2.45, 2.75) is 31.9 Å². The van der Waals surface area contributed by atoms with Gasteiger partial charge in [0.05, 0.1) is 6.10 Å². The highest BCUT2D eigenvalue weighted by Gasteiger charge is 2.38. The van der Waals surface area contributed by atoms with Gasteiger partial charge in [-0.2, -0.15) is 0 Å². The van der Waals surface area contributed by atoms with Gasteiger partial charge in [-0.1, -0.05) is 5.10 Å². The molecule has 1 aliphatic rings. The van der Waals surface area contributed by atoms with Crippen molar-refractivity contribution in [3.05, 3.63) is 30.1 Å². The minimum absolute atomic E-state index is 0.0301. The van der Waals surface area contributed by atoms with Crippen LogP contribution in [0.5, 0.6) is 0 Å². The minimum atomic E-state index is -4.73. The summed E-state index contributed by atoms with van der Waals surface area (Å²) in [4.78, 5) is 13.7. The molecule has 1 aromatic carbocycles. The van der Waals surface area contributed by atoms with Gasteiger partial charge < -0.3 is 14.6 Å². The van der Waals surface area contributed by atoms with Crippen molar-refractivity contribution < 1.29 is 31.5 Å². The van der Waals surface area contributed by atoms with Gasteiger partial charge in [-0.3, -0.25) is 9.53 Å². The fraction of sp³-hybridized carbons (Fsp3) is 0.438. The molecule has 2 heterocycles. The largest absolute Gasteiger partial charge is 0.522 e. The van der Waals surface area contributed by atoms with E-state index in [9.17, 15) is 22.4 Å². The predicted molar refractivity (Wildman–Crippen MR) is 84.9 cm³/mol. The number of amides is 1. The summed E-state index contributed by atoms with van der Waals surface area (Å²) >= 11 is 0. The smallest absolute Gasteiger partial charge is 0.403 e. The Balaban J connectivity index is 1.57. The second kappa shape index (κ2) is 7.51. The van der Waals surface area contributed by atoms with Crippen LogP contribution in [-0.4, -0.2) is 52.6 Å². The maximum absolute atomic E-state index is 12.9. The molecule has 0 aliphatic carbocycles. The molecule has 1 saturated heterocycles. The molecule has 0 spiro atoms. The first-order chi connectivity index (χ1) is 12.7. The van der Waals surface area contributed by atoms with Crippen molar-refractivity contribution in [3.63, 3.8) is 0 Å². The second-order valence-electron chi connectivity index (χ2n) is 6.04. The molecule has 7 nitrogen and oxygen atoms in total. The molecule has 2 aromatic rings. The maximum Gasteiger partial charge on any atom is 0.522 e. The van der Waals surface area contributed by atoms with E-state index in [-0.39, 0.29) is 31.4 Å². The molecule has 1 fully saturated rings.